The molecule has 2 atom stereocenters. The number of nitrogens with one attached hydrogen (secondary N) is 4. The minimum absolute atomic E-state index is 0.00442. The minimum atomic E-state index is -1.32. The maximum absolute atomic E-state index is 12.7. The highest BCUT2D eigenvalue weighted by Gasteiger charge is 2.29. The number of aliphatic carboxylic acids is 1. The molecule has 5 N–H and O–H groups in total. The normalized spacial score (nSPS) is 17.1. The second-order valence-electron chi connectivity index (χ2n) is 9.34. The summed E-state index contributed by atoms with van der Waals surface area (Å²) >= 11 is 0. The molecule has 12 heteroatoms. The lowest BCUT2D eigenvalue weighted by molar-refractivity contribution is -0.140. The van der Waals surface area contributed by atoms with Crippen molar-refractivity contribution in [2.75, 3.05) is 39.3 Å². The van der Waals surface area contributed by atoms with Crippen LogP contribution in [-0.2, 0) is 25.7 Å². The molecular weight excluding hydrogens is 480 g/mol. The molecule has 1 unspecified atom stereocenters. The third-order valence-corrected chi connectivity index (χ3v) is 6.32. The maximum atomic E-state index is 12.7. The van der Waals surface area contributed by atoms with Crippen LogP contribution in [0.4, 0.5) is 4.79 Å². The van der Waals surface area contributed by atoms with E-state index in [0.717, 1.165) is 24.6 Å². The summed E-state index contributed by atoms with van der Waals surface area (Å²) in [5.74, 6) is -0.932. The fraction of sp³-hybridized carbons (Fsp3) is 0.560. The van der Waals surface area contributed by atoms with E-state index in [1.165, 1.54) is 0 Å². The number of benzene rings is 1. The molecule has 12 nitrogen and oxygen atoms in total. The first-order valence-corrected chi connectivity index (χ1v) is 12.6. The van der Waals surface area contributed by atoms with E-state index in [0.29, 0.717) is 38.9 Å². The van der Waals surface area contributed by atoms with E-state index in [4.69, 9.17) is 4.74 Å². The van der Waals surface area contributed by atoms with Crippen LogP contribution in [0, 0.1) is 11.8 Å². The number of likely N-dealkylation sites (tertiary alicyclic amines) is 1. The van der Waals surface area contributed by atoms with Gasteiger partial charge in [-0.25, -0.2) is 9.59 Å². The quantitative estimate of drug-likeness (QED) is 0.281. The predicted molar refractivity (Wildman–Crippen MR) is 136 cm³/mol. The van der Waals surface area contributed by atoms with Gasteiger partial charge < -0.3 is 36.0 Å². The number of hydrogen-bond acceptors (Lipinski definition) is 8. The van der Waals surface area contributed by atoms with Crippen molar-refractivity contribution in [1.29, 1.82) is 0 Å². The monoisotopic (exact) mass is 516 g/mol. The number of rotatable bonds is 11. The van der Waals surface area contributed by atoms with Gasteiger partial charge in [-0.05, 0) is 24.3 Å². The Kier molecular flexibility index (Phi) is 10.5. The molecule has 202 valence electrons. The molecule has 0 radical (unpaired) electrons. The minimum Gasteiger partial charge on any atom is -0.480 e. The number of amides is 3. The van der Waals surface area contributed by atoms with Crippen molar-refractivity contribution in [3.05, 3.63) is 35.9 Å². The highest BCUT2D eigenvalue weighted by Crippen LogP contribution is 2.19. The molecular formula is C25H36N6O6. The fourth-order valence-corrected chi connectivity index (χ4v) is 4.13. The molecule has 0 saturated carbocycles. The molecule has 0 spiro atoms. The number of carboxylic acid groups (broad SMARTS) is 1. The van der Waals surface area contributed by atoms with Gasteiger partial charge in [0.25, 0.3) is 0 Å². The number of ether oxygens (including phenoxy) is 1. The summed E-state index contributed by atoms with van der Waals surface area (Å²) in [7, 11) is 0. The average Bonchev–Trinajstić information content (AvgIpc) is 3.43. The second-order valence-corrected chi connectivity index (χ2v) is 9.34. The SMILES string of the molecule is CC(CNC1=NCCN1)CC(=O)N1CCC(C(=O)NC[C@H](NC(=O)OCc2ccccc2)C(=O)O)CC1. The summed E-state index contributed by atoms with van der Waals surface area (Å²) in [5, 5.41) is 20.6. The number of guanidine groups is 1. The maximum Gasteiger partial charge on any atom is 0.408 e. The van der Waals surface area contributed by atoms with Crippen LogP contribution in [0.15, 0.2) is 35.3 Å². The largest absolute Gasteiger partial charge is 0.480 e. The van der Waals surface area contributed by atoms with Crippen molar-refractivity contribution in [2.24, 2.45) is 16.8 Å². The third kappa shape index (κ3) is 9.28. The van der Waals surface area contributed by atoms with Gasteiger partial charge in [-0.15, -0.1) is 0 Å². The molecule has 1 saturated heterocycles. The summed E-state index contributed by atoms with van der Waals surface area (Å²) in [6.07, 6.45) is 0.516. The molecule has 0 aliphatic carbocycles. The van der Waals surface area contributed by atoms with Crippen LogP contribution in [0.2, 0.25) is 0 Å². The zero-order valence-corrected chi connectivity index (χ0v) is 21.1. The van der Waals surface area contributed by atoms with Gasteiger partial charge in [0.05, 0.1) is 6.54 Å². The van der Waals surface area contributed by atoms with E-state index in [2.05, 4.69) is 26.3 Å². The van der Waals surface area contributed by atoms with Crippen LogP contribution < -0.4 is 21.3 Å². The van der Waals surface area contributed by atoms with E-state index >= 15 is 0 Å². The van der Waals surface area contributed by atoms with Gasteiger partial charge in [0.2, 0.25) is 11.8 Å². The van der Waals surface area contributed by atoms with Crippen molar-refractivity contribution in [3.63, 3.8) is 0 Å². The molecule has 3 amide bonds. The lowest BCUT2D eigenvalue weighted by Gasteiger charge is -2.32. The lowest BCUT2D eigenvalue weighted by Crippen LogP contribution is -2.50. The van der Waals surface area contributed by atoms with Crippen molar-refractivity contribution in [1.82, 2.24) is 26.2 Å². The highest BCUT2D eigenvalue weighted by molar-refractivity contribution is 5.83. The summed E-state index contributed by atoms with van der Waals surface area (Å²) < 4.78 is 5.06. The Morgan fingerprint density at radius 3 is 2.54 bits per heavy atom. The highest BCUT2D eigenvalue weighted by atomic mass is 16.5. The van der Waals surface area contributed by atoms with Gasteiger partial charge in [-0.1, -0.05) is 37.3 Å². The summed E-state index contributed by atoms with van der Waals surface area (Å²) in [5.41, 5.74) is 0.769. The molecule has 0 bridgehead atoms. The number of alkyl carbamates (subject to hydrolysis) is 1. The molecule has 2 aliphatic heterocycles. The smallest absolute Gasteiger partial charge is 0.408 e. The number of carbonyl (C=O) groups is 4. The van der Waals surface area contributed by atoms with Crippen LogP contribution in [0.25, 0.3) is 0 Å². The number of hydrogen-bond donors (Lipinski definition) is 5. The van der Waals surface area contributed by atoms with Crippen LogP contribution >= 0.6 is 0 Å². The number of nitrogens with zero attached hydrogens (tertiary/aromatic N) is 2. The Hall–Kier alpha value is -3.83. The Labute approximate surface area is 216 Å². The van der Waals surface area contributed by atoms with Crippen molar-refractivity contribution in [3.8, 4) is 0 Å². The zero-order valence-electron chi connectivity index (χ0n) is 21.1. The van der Waals surface area contributed by atoms with Crippen LogP contribution in [0.3, 0.4) is 0 Å². The molecule has 2 aliphatic rings. The predicted octanol–water partition coefficient (Wildman–Crippen LogP) is 0.296. The second kappa shape index (κ2) is 14.0. The number of carbonyl (C=O) groups excluding carboxylic acids is 3. The van der Waals surface area contributed by atoms with Crippen molar-refractivity contribution < 1.29 is 29.0 Å². The van der Waals surface area contributed by atoms with Crippen LogP contribution in [0.1, 0.15) is 31.7 Å². The molecule has 2 heterocycles. The Balaban J connectivity index is 1.34. The van der Waals surface area contributed by atoms with Gasteiger partial charge in [-0.2, -0.15) is 0 Å². The first-order chi connectivity index (χ1) is 17.8. The Morgan fingerprint density at radius 1 is 1.16 bits per heavy atom. The molecule has 0 aromatic heterocycles. The van der Waals surface area contributed by atoms with Gasteiger partial charge in [0.15, 0.2) is 5.96 Å². The van der Waals surface area contributed by atoms with Crippen LogP contribution in [0.5, 0.6) is 0 Å². The van der Waals surface area contributed by atoms with E-state index < -0.39 is 18.1 Å². The molecule has 1 aromatic rings. The Bertz CT molecular complexity index is 964. The Morgan fingerprint density at radius 2 is 1.89 bits per heavy atom. The zero-order chi connectivity index (χ0) is 26.6. The van der Waals surface area contributed by atoms with E-state index in [1.807, 2.05) is 13.0 Å². The molecule has 3 rings (SSSR count). The number of aliphatic imine (C=N–C) groups is 1. The van der Waals surface area contributed by atoms with E-state index in [1.54, 1.807) is 29.2 Å². The van der Waals surface area contributed by atoms with Crippen molar-refractivity contribution >= 4 is 29.8 Å². The lowest BCUT2D eigenvalue weighted by atomic mass is 9.95. The van der Waals surface area contributed by atoms with E-state index in [9.17, 15) is 24.3 Å². The van der Waals surface area contributed by atoms with Gasteiger partial charge in [-0.3, -0.25) is 14.6 Å². The standard InChI is InChI=1S/C25H36N6O6/c1-17(14-29-24-26-9-10-27-24)13-21(32)31-11-7-19(8-12-31)22(33)28-15-20(23(34)35)30-25(36)37-16-18-5-3-2-4-6-18/h2-6,17,19-20H,7-16H2,1H3,(H,28,33)(H,30,36)(H,34,35)(H2,26,27,29)/t17?,20-/m0/s1. The summed E-state index contributed by atoms with van der Waals surface area (Å²) in [4.78, 5) is 54.9. The molecule has 1 aromatic carbocycles. The molecule has 37 heavy (non-hydrogen) atoms. The molecule has 1 fully saturated rings. The van der Waals surface area contributed by atoms with Gasteiger partial charge in [0, 0.05) is 45.1 Å². The first-order valence-electron chi connectivity index (χ1n) is 12.6. The summed E-state index contributed by atoms with van der Waals surface area (Å²) in [6, 6.07) is 7.68. The topological polar surface area (TPSA) is 161 Å². The van der Waals surface area contributed by atoms with Gasteiger partial charge in [0.1, 0.15) is 12.6 Å². The number of carboxylic acids is 1. The average molecular weight is 517 g/mol. The van der Waals surface area contributed by atoms with Crippen molar-refractivity contribution in [2.45, 2.75) is 38.8 Å². The third-order valence-electron chi connectivity index (χ3n) is 6.32. The van der Waals surface area contributed by atoms with E-state index in [-0.39, 0.29) is 36.8 Å². The first kappa shape index (κ1) is 27.8. The van der Waals surface area contributed by atoms with Gasteiger partial charge >= 0.3 is 12.1 Å². The number of piperidine rings is 1. The summed E-state index contributed by atoms with van der Waals surface area (Å²) in [6.45, 7) is 4.91. The van der Waals surface area contributed by atoms with Crippen LogP contribution in [-0.4, -0.2) is 85.2 Å². The fourth-order valence-electron chi connectivity index (χ4n) is 4.13.